The number of nitrogens with zero attached hydrogens (tertiary/aromatic N) is 5. The Hall–Kier alpha value is -3.46. The van der Waals surface area contributed by atoms with Gasteiger partial charge in [-0.15, -0.1) is 0 Å². The molecule has 10 heteroatoms. The molecule has 168 valence electrons. The number of carboxylic acids is 1. The second kappa shape index (κ2) is 7.84. The molecule has 0 aromatic carbocycles. The fourth-order valence-corrected chi connectivity index (χ4v) is 5.61. The average molecular weight is 464 g/mol. The van der Waals surface area contributed by atoms with Crippen molar-refractivity contribution in [2.75, 3.05) is 5.32 Å². The molecule has 0 amide bonds. The third kappa shape index (κ3) is 3.52. The molecular formula is C23H22ClN7O2. The zero-order chi connectivity index (χ0) is 22.5. The van der Waals surface area contributed by atoms with E-state index < -0.39 is 11.9 Å². The molecule has 33 heavy (non-hydrogen) atoms. The number of hydrogen-bond donors (Lipinski definition) is 3. The molecule has 4 aromatic rings. The summed E-state index contributed by atoms with van der Waals surface area (Å²) in [6, 6.07) is 5.55. The first-order valence-electron chi connectivity index (χ1n) is 11.1. The van der Waals surface area contributed by atoms with Crippen molar-refractivity contribution in [3.8, 4) is 17.2 Å². The van der Waals surface area contributed by atoms with E-state index in [1.165, 1.54) is 6.20 Å². The summed E-state index contributed by atoms with van der Waals surface area (Å²) in [5.41, 5.74) is 1.85. The first kappa shape index (κ1) is 20.2. The molecule has 0 spiro atoms. The minimum absolute atomic E-state index is 0.160. The van der Waals surface area contributed by atoms with E-state index in [0.717, 1.165) is 25.7 Å². The Kier molecular flexibility index (Phi) is 4.79. The summed E-state index contributed by atoms with van der Waals surface area (Å²) in [5.74, 6) is 1.11. The lowest BCUT2D eigenvalue weighted by Crippen LogP contribution is -2.51. The smallest absolute Gasteiger partial charge is 0.308 e. The molecule has 3 fully saturated rings. The second-order valence-corrected chi connectivity index (χ2v) is 9.21. The molecular weight excluding hydrogens is 442 g/mol. The number of carbonyl (C=O) groups is 1. The third-order valence-corrected chi connectivity index (χ3v) is 7.17. The van der Waals surface area contributed by atoms with E-state index in [1.807, 2.05) is 35.2 Å². The predicted octanol–water partition coefficient (Wildman–Crippen LogP) is 4.16. The van der Waals surface area contributed by atoms with Crippen molar-refractivity contribution in [2.45, 2.75) is 31.7 Å². The third-order valence-electron chi connectivity index (χ3n) is 6.99. The van der Waals surface area contributed by atoms with Gasteiger partial charge in [0.1, 0.15) is 22.3 Å². The second-order valence-electron chi connectivity index (χ2n) is 8.83. The maximum Gasteiger partial charge on any atom is 0.308 e. The Bertz CT molecular complexity index is 1330. The van der Waals surface area contributed by atoms with Crippen LogP contribution in [0.25, 0.3) is 28.4 Å². The summed E-state index contributed by atoms with van der Waals surface area (Å²) in [5, 5.41) is 13.7. The first-order chi connectivity index (χ1) is 16.1. The van der Waals surface area contributed by atoms with Gasteiger partial charge >= 0.3 is 5.97 Å². The van der Waals surface area contributed by atoms with Gasteiger partial charge in [0, 0.05) is 30.7 Å². The normalized spacial score (nSPS) is 24.3. The van der Waals surface area contributed by atoms with Crippen LogP contribution in [0.2, 0.25) is 5.15 Å². The molecule has 4 heterocycles. The zero-order valence-corrected chi connectivity index (χ0v) is 18.4. The first-order valence-corrected chi connectivity index (χ1v) is 11.5. The van der Waals surface area contributed by atoms with Crippen molar-refractivity contribution in [3.63, 3.8) is 0 Å². The van der Waals surface area contributed by atoms with Gasteiger partial charge in [-0.3, -0.25) is 4.79 Å². The maximum absolute atomic E-state index is 12.1. The summed E-state index contributed by atoms with van der Waals surface area (Å²) in [4.78, 5) is 33.4. The lowest BCUT2D eigenvalue weighted by molar-refractivity contribution is -0.148. The Balaban J connectivity index is 1.45. The Morgan fingerprint density at radius 1 is 1.12 bits per heavy atom. The minimum atomic E-state index is -0.733. The van der Waals surface area contributed by atoms with E-state index in [4.69, 9.17) is 21.6 Å². The molecule has 3 aliphatic rings. The van der Waals surface area contributed by atoms with Gasteiger partial charge in [-0.25, -0.2) is 19.9 Å². The van der Waals surface area contributed by atoms with Gasteiger partial charge in [-0.05, 0) is 49.7 Å². The Labute approximate surface area is 194 Å². The number of hydrogen-bond acceptors (Lipinski definition) is 6. The highest BCUT2D eigenvalue weighted by Gasteiger charge is 2.47. The topological polar surface area (TPSA) is 122 Å². The van der Waals surface area contributed by atoms with Crippen LogP contribution in [-0.4, -0.2) is 46.6 Å². The van der Waals surface area contributed by atoms with Gasteiger partial charge in [0.25, 0.3) is 0 Å². The van der Waals surface area contributed by atoms with Crippen LogP contribution >= 0.6 is 11.6 Å². The van der Waals surface area contributed by atoms with Crippen LogP contribution in [0, 0.1) is 17.8 Å². The van der Waals surface area contributed by atoms with Crippen LogP contribution in [0.3, 0.4) is 0 Å². The summed E-state index contributed by atoms with van der Waals surface area (Å²) >= 11 is 6.09. The van der Waals surface area contributed by atoms with Gasteiger partial charge < -0.3 is 20.0 Å². The van der Waals surface area contributed by atoms with Gasteiger partial charge in [0.2, 0.25) is 0 Å². The highest BCUT2D eigenvalue weighted by Crippen LogP contribution is 2.46. The van der Waals surface area contributed by atoms with E-state index >= 15 is 0 Å². The molecule has 0 unspecified atom stereocenters. The highest BCUT2D eigenvalue weighted by atomic mass is 35.5. The number of rotatable bonds is 5. The summed E-state index contributed by atoms with van der Waals surface area (Å²) in [6.07, 6.45) is 11.1. The zero-order valence-electron chi connectivity index (χ0n) is 17.6. The van der Waals surface area contributed by atoms with Crippen LogP contribution in [0.1, 0.15) is 25.7 Å². The van der Waals surface area contributed by atoms with Gasteiger partial charge in [-0.2, -0.15) is 0 Å². The number of carboxylic acid groups (broad SMARTS) is 1. The van der Waals surface area contributed by atoms with E-state index in [-0.39, 0.29) is 17.1 Å². The lowest BCUT2D eigenvalue weighted by Gasteiger charge is -2.47. The number of aromatic amines is 1. The van der Waals surface area contributed by atoms with Crippen molar-refractivity contribution < 1.29 is 9.90 Å². The van der Waals surface area contributed by atoms with Crippen molar-refractivity contribution >= 4 is 34.6 Å². The number of halogens is 1. The van der Waals surface area contributed by atoms with Crippen LogP contribution < -0.4 is 5.32 Å². The molecule has 2 bridgehead atoms. The number of H-pyrrole nitrogens is 1. The van der Waals surface area contributed by atoms with Crippen molar-refractivity contribution in [2.24, 2.45) is 17.8 Å². The predicted molar refractivity (Wildman–Crippen MR) is 123 cm³/mol. The van der Waals surface area contributed by atoms with Gasteiger partial charge in [0.05, 0.1) is 17.7 Å². The molecule has 2 atom stereocenters. The Morgan fingerprint density at radius 3 is 2.64 bits per heavy atom. The van der Waals surface area contributed by atoms with E-state index in [0.29, 0.717) is 40.1 Å². The number of anilines is 1. The molecule has 4 aromatic heterocycles. The highest BCUT2D eigenvalue weighted by molar-refractivity contribution is 6.29. The quantitative estimate of drug-likeness (QED) is 0.406. The van der Waals surface area contributed by atoms with Crippen molar-refractivity contribution in [3.05, 3.63) is 48.1 Å². The number of aliphatic carboxylic acids is 1. The van der Waals surface area contributed by atoms with Crippen molar-refractivity contribution in [1.29, 1.82) is 0 Å². The molecule has 3 saturated carbocycles. The monoisotopic (exact) mass is 463 g/mol. The number of fused-ring (bicyclic) bond motifs is 4. The standard InChI is InChI=1S/C23H22ClN7O2/c24-15-11-26-22-20(27-15)14(10-25-22)21-29-16(9-17(30-21)31-7-1-2-8-31)28-19-13-5-3-12(4-6-13)18(19)23(32)33/h1-2,7-13,18-19H,3-6H2,(H,25,26)(H,32,33)(H,28,29,30)/t12?,13?,18-,19-/m0/s1. The average Bonchev–Trinajstić information content (AvgIpc) is 3.49. The molecule has 7 rings (SSSR count). The molecule has 3 aliphatic carbocycles. The summed E-state index contributed by atoms with van der Waals surface area (Å²) in [6.45, 7) is 0. The maximum atomic E-state index is 12.1. The molecule has 3 N–H and O–H groups in total. The van der Waals surface area contributed by atoms with Gasteiger partial charge in [-0.1, -0.05) is 11.6 Å². The molecule has 9 nitrogen and oxygen atoms in total. The fraction of sp³-hybridized carbons (Fsp3) is 0.348. The minimum Gasteiger partial charge on any atom is -0.481 e. The molecule has 0 radical (unpaired) electrons. The fourth-order valence-electron chi connectivity index (χ4n) is 5.47. The molecule has 0 aliphatic heterocycles. The Morgan fingerprint density at radius 2 is 1.88 bits per heavy atom. The van der Waals surface area contributed by atoms with Crippen LogP contribution in [0.4, 0.5) is 5.82 Å². The van der Waals surface area contributed by atoms with E-state index in [1.54, 1.807) is 6.20 Å². The van der Waals surface area contributed by atoms with Crippen molar-refractivity contribution in [1.82, 2.24) is 29.5 Å². The number of nitrogens with one attached hydrogen (secondary N) is 2. The largest absolute Gasteiger partial charge is 0.481 e. The van der Waals surface area contributed by atoms with Crippen LogP contribution in [-0.2, 0) is 4.79 Å². The van der Waals surface area contributed by atoms with Crippen LogP contribution in [0.15, 0.2) is 43.0 Å². The summed E-state index contributed by atoms with van der Waals surface area (Å²) < 4.78 is 1.89. The molecule has 0 saturated heterocycles. The van der Waals surface area contributed by atoms with Crippen LogP contribution in [0.5, 0.6) is 0 Å². The SMILES string of the molecule is O=C(O)[C@H]1C2CCC(CC2)[C@@H]1Nc1cc(-n2cccc2)nc(-c2c[nH]c3ncc(Cl)nc23)n1. The van der Waals surface area contributed by atoms with E-state index in [2.05, 4.69) is 20.3 Å². The lowest BCUT2D eigenvalue weighted by atomic mass is 9.61. The van der Waals surface area contributed by atoms with Gasteiger partial charge in [0.15, 0.2) is 11.5 Å². The van der Waals surface area contributed by atoms with E-state index in [9.17, 15) is 9.90 Å². The summed E-state index contributed by atoms with van der Waals surface area (Å²) in [7, 11) is 0. The number of aromatic nitrogens is 6.